The van der Waals surface area contributed by atoms with Gasteiger partial charge >= 0.3 is 0 Å². The van der Waals surface area contributed by atoms with E-state index >= 15 is 0 Å². The highest BCUT2D eigenvalue weighted by atomic mass is 32.2. The summed E-state index contributed by atoms with van der Waals surface area (Å²) in [5, 5.41) is 2.67. The van der Waals surface area contributed by atoms with Crippen LogP contribution < -0.4 is 5.32 Å². The first kappa shape index (κ1) is 21.4. The van der Waals surface area contributed by atoms with E-state index < -0.39 is 10.0 Å². The summed E-state index contributed by atoms with van der Waals surface area (Å²) in [4.78, 5) is 36.5. The maximum Gasteiger partial charge on any atom is 0.243 e. The highest BCUT2D eigenvalue weighted by Crippen LogP contribution is 2.27. The number of benzene rings is 1. The first-order chi connectivity index (χ1) is 13.7. The number of anilines is 1. The summed E-state index contributed by atoms with van der Waals surface area (Å²) < 4.78 is 27.3. The SMILES string of the molecule is CC1CC(C)CN(S(=O)(=O)c2ccc(NC(=O)CCN3C(=O)CCC3=O)cc2)C1. The van der Waals surface area contributed by atoms with Crippen LogP contribution in [0.25, 0.3) is 0 Å². The largest absolute Gasteiger partial charge is 0.326 e. The van der Waals surface area contributed by atoms with Crippen LogP contribution in [0.4, 0.5) is 5.69 Å². The van der Waals surface area contributed by atoms with Crippen molar-refractivity contribution in [3.63, 3.8) is 0 Å². The average molecular weight is 422 g/mol. The molecule has 8 nitrogen and oxygen atoms in total. The number of sulfonamides is 1. The molecule has 2 unspecified atom stereocenters. The van der Waals surface area contributed by atoms with E-state index in [1.54, 1.807) is 12.1 Å². The Hall–Kier alpha value is -2.26. The van der Waals surface area contributed by atoms with Gasteiger partial charge in [-0.25, -0.2) is 8.42 Å². The Morgan fingerprint density at radius 3 is 2.14 bits per heavy atom. The summed E-state index contributed by atoms with van der Waals surface area (Å²) >= 11 is 0. The Morgan fingerprint density at radius 2 is 1.59 bits per heavy atom. The molecule has 2 saturated heterocycles. The molecule has 2 heterocycles. The number of rotatable bonds is 6. The monoisotopic (exact) mass is 421 g/mol. The molecule has 9 heteroatoms. The van der Waals surface area contributed by atoms with Gasteiger partial charge in [0.05, 0.1) is 4.90 Å². The molecule has 3 rings (SSSR count). The predicted octanol–water partition coefficient (Wildman–Crippen LogP) is 1.83. The molecule has 0 bridgehead atoms. The van der Waals surface area contributed by atoms with Crippen LogP contribution in [0.2, 0.25) is 0 Å². The molecule has 1 N–H and O–H groups in total. The lowest BCUT2D eigenvalue weighted by atomic mass is 9.94. The lowest BCUT2D eigenvalue weighted by molar-refractivity contribution is -0.138. The van der Waals surface area contributed by atoms with Crippen LogP contribution in [-0.2, 0) is 24.4 Å². The van der Waals surface area contributed by atoms with Crippen molar-refractivity contribution < 1.29 is 22.8 Å². The molecule has 2 aliphatic heterocycles. The van der Waals surface area contributed by atoms with Crippen LogP contribution in [-0.4, -0.2) is 55.0 Å². The van der Waals surface area contributed by atoms with Crippen molar-refractivity contribution in [3.05, 3.63) is 24.3 Å². The summed E-state index contributed by atoms with van der Waals surface area (Å²) in [6.45, 7) is 5.19. The van der Waals surface area contributed by atoms with Crippen molar-refractivity contribution in [2.45, 2.75) is 44.4 Å². The highest BCUT2D eigenvalue weighted by molar-refractivity contribution is 7.89. The van der Waals surface area contributed by atoms with Gasteiger partial charge in [0.15, 0.2) is 0 Å². The normalized spacial score (nSPS) is 23.4. The summed E-state index contributed by atoms with van der Waals surface area (Å²) in [5.74, 6) is -0.202. The lowest BCUT2D eigenvalue weighted by Gasteiger charge is -2.34. The number of piperidine rings is 1. The van der Waals surface area contributed by atoms with E-state index in [4.69, 9.17) is 0 Å². The second-order valence-electron chi connectivity index (χ2n) is 8.03. The van der Waals surface area contributed by atoms with Gasteiger partial charge in [-0.1, -0.05) is 13.8 Å². The van der Waals surface area contributed by atoms with Gasteiger partial charge in [-0.2, -0.15) is 4.31 Å². The molecule has 29 heavy (non-hydrogen) atoms. The van der Waals surface area contributed by atoms with Crippen LogP contribution in [0.5, 0.6) is 0 Å². The Balaban J connectivity index is 1.59. The summed E-state index contributed by atoms with van der Waals surface area (Å²) in [6.07, 6.45) is 1.42. The number of hydrogen-bond acceptors (Lipinski definition) is 5. The second-order valence-corrected chi connectivity index (χ2v) is 9.97. The van der Waals surface area contributed by atoms with Crippen molar-refractivity contribution in [2.24, 2.45) is 11.8 Å². The first-order valence-corrected chi connectivity index (χ1v) is 11.3. The van der Waals surface area contributed by atoms with Crippen molar-refractivity contribution in [3.8, 4) is 0 Å². The van der Waals surface area contributed by atoms with Crippen molar-refractivity contribution in [2.75, 3.05) is 25.0 Å². The van der Waals surface area contributed by atoms with Gasteiger partial charge in [-0.3, -0.25) is 19.3 Å². The van der Waals surface area contributed by atoms with Gasteiger partial charge < -0.3 is 5.32 Å². The van der Waals surface area contributed by atoms with Crippen LogP contribution in [0.1, 0.15) is 39.5 Å². The zero-order chi connectivity index (χ0) is 21.2. The minimum absolute atomic E-state index is 0.00108. The molecule has 1 aromatic carbocycles. The zero-order valence-electron chi connectivity index (χ0n) is 16.8. The fourth-order valence-corrected chi connectivity index (χ4v) is 5.65. The van der Waals surface area contributed by atoms with E-state index in [-0.39, 0.29) is 48.4 Å². The van der Waals surface area contributed by atoms with Crippen LogP contribution in [0.3, 0.4) is 0 Å². The smallest absolute Gasteiger partial charge is 0.243 e. The van der Waals surface area contributed by atoms with Gasteiger partial charge in [0.2, 0.25) is 27.7 Å². The third kappa shape index (κ3) is 5.02. The zero-order valence-corrected chi connectivity index (χ0v) is 17.6. The number of likely N-dealkylation sites (tertiary alicyclic amines) is 1. The summed E-state index contributed by atoms with van der Waals surface area (Å²) in [7, 11) is -3.57. The Morgan fingerprint density at radius 1 is 1.03 bits per heavy atom. The van der Waals surface area contributed by atoms with Gasteiger partial charge in [0, 0.05) is 44.6 Å². The van der Waals surface area contributed by atoms with Crippen molar-refractivity contribution in [1.29, 1.82) is 0 Å². The molecule has 0 spiro atoms. The van der Waals surface area contributed by atoms with E-state index in [0.29, 0.717) is 30.6 Å². The predicted molar refractivity (Wildman–Crippen MR) is 107 cm³/mol. The molecule has 0 saturated carbocycles. The van der Waals surface area contributed by atoms with E-state index in [2.05, 4.69) is 19.2 Å². The topological polar surface area (TPSA) is 104 Å². The van der Waals surface area contributed by atoms with Gasteiger partial charge in [0.25, 0.3) is 0 Å². The molecule has 158 valence electrons. The molecule has 0 aliphatic carbocycles. The van der Waals surface area contributed by atoms with E-state index in [9.17, 15) is 22.8 Å². The molecule has 1 aromatic rings. The van der Waals surface area contributed by atoms with E-state index in [1.807, 2.05) is 0 Å². The number of carbonyl (C=O) groups excluding carboxylic acids is 3. The van der Waals surface area contributed by atoms with E-state index in [1.165, 1.54) is 16.4 Å². The second kappa shape index (κ2) is 8.62. The number of carbonyl (C=O) groups is 3. The van der Waals surface area contributed by atoms with Crippen LogP contribution in [0.15, 0.2) is 29.2 Å². The van der Waals surface area contributed by atoms with Gasteiger partial charge in [-0.05, 0) is 42.5 Å². The summed E-state index contributed by atoms with van der Waals surface area (Å²) in [5.41, 5.74) is 0.466. The lowest BCUT2D eigenvalue weighted by Crippen LogP contribution is -2.42. The van der Waals surface area contributed by atoms with Crippen molar-refractivity contribution in [1.82, 2.24) is 9.21 Å². The Labute approximate surface area is 171 Å². The van der Waals surface area contributed by atoms with Crippen molar-refractivity contribution >= 4 is 33.4 Å². The third-order valence-corrected chi connectivity index (χ3v) is 7.17. The third-order valence-electron chi connectivity index (χ3n) is 5.33. The molecular weight excluding hydrogens is 394 g/mol. The number of amides is 3. The maximum absolute atomic E-state index is 12.9. The standard InChI is InChI=1S/C20H27N3O5S/c1-14-11-15(2)13-22(12-14)29(27,28)17-5-3-16(4-6-17)21-18(24)9-10-23-19(25)7-8-20(23)26/h3-6,14-15H,7-13H2,1-2H3,(H,21,24). The average Bonchev–Trinajstić information content (AvgIpc) is 2.97. The number of nitrogens with zero attached hydrogens (tertiary/aromatic N) is 2. The molecule has 0 radical (unpaired) electrons. The van der Waals surface area contributed by atoms with Gasteiger partial charge in [0.1, 0.15) is 0 Å². The Bertz CT molecular complexity index is 871. The van der Waals surface area contributed by atoms with E-state index in [0.717, 1.165) is 11.3 Å². The maximum atomic E-state index is 12.9. The fourth-order valence-electron chi connectivity index (χ4n) is 3.97. The molecule has 2 aliphatic rings. The number of nitrogens with one attached hydrogen (secondary N) is 1. The molecule has 2 fully saturated rings. The Kier molecular flexibility index (Phi) is 6.38. The number of hydrogen-bond donors (Lipinski definition) is 1. The molecule has 2 atom stereocenters. The van der Waals surface area contributed by atoms with Crippen LogP contribution >= 0.6 is 0 Å². The minimum Gasteiger partial charge on any atom is -0.326 e. The molecule has 0 aromatic heterocycles. The molecule has 3 amide bonds. The van der Waals surface area contributed by atoms with Crippen LogP contribution in [0, 0.1) is 11.8 Å². The minimum atomic E-state index is -3.57. The van der Waals surface area contributed by atoms with Gasteiger partial charge in [-0.15, -0.1) is 0 Å². The highest BCUT2D eigenvalue weighted by Gasteiger charge is 2.32. The quantitative estimate of drug-likeness (QED) is 0.706. The summed E-state index contributed by atoms with van der Waals surface area (Å²) in [6, 6.07) is 6.08. The fraction of sp³-hybridized carbons (Fsp3) is 0.550. The first-order valence-electron chi connectivity index (χ1n) is 9.90. The molecular formula is C20H27N3O5S. The number of imide groups is 1.